The van der Waals surface area contributed by atoms with Crippen LogP contribution in [0.5, 0.6) is 0 Å². The van der Waals surface area contributed by atoms with Crippen LogP contribution in [-0.4, -0.2) is 57.2 Å². The molecule has 0 bridgehead atoms. The summed E-state index contributed by atoms with van der Waals surface area (Å²) in [5.41, 5.74) is 0.318. The number of aromatic nitrogens is 2. The average Bonchev–Trinajstić information content (AvgIpc) is 2.87. The topological polar surface area (TPSA) is 102 Å². The van der Waals surface area contributed by atoms with Crippen LogP contribution < -0.4 is 5.56 Å². The number of ether oxygens (including phenoxy) is 1. The Morgan fingerprint density at radius 3 is 2.91 bits per heavy atom. The van der Waals surface area contributed by atoms with Gasteiger partial charge in [0, 0.05) is 13.6 Å². The number of hydrogen-bond donors (Lipinski definition) is 1. The third kappa shape index (κ3) is 2.51. The van der Waals surface area contributed by atoms with Crippen molar-refractivity contribution in [3.63, 3.8) is 0 Å². The smallest absolute Gasteiger partial charge is 0.328 e. The maximum Gasteiger partial charge on any atom is 0.328 e. The minimum atomic E-state index is -1.11. The molecule has 2 aromatic heterocycles. The number of carbonyl (C=O) groups is 2. The van der Waals surface area contributed by atoms with Crippen molar-refractivity contribution in [2.45, 2.75) is 13.0 Å². The highest BCUT2D eigenvalue weighted by Gasteiger charge is 2.35. The molecule has 1 atom stereocenters. The molecule has 0 saturated carbocycles. The summed E-state index contributed by atoms with van der Waals surface area (Å²) >= 11 is 1.11. The number of aryl methyl sites for hydroxylation is 2. The Kier molecular flexibility index (Phi) is 3.90. The standard InChI is InChI=1S/C14H15N3O5S/c1-7-9-11(15-6-16(2)12(9)18)23-10(7)13(19)17-3-4-22-5-8(17)14(20)21/h6,8H,3-5H2,1-2H3,(H,20,21)/t8-/m1/s1. The number of rotatable bonds is 2. The van der Waals surface area contributed by atoms with Crippen LogP contribution in [-0.2, 0) is 16.6 Å². The second-order valence-corrected chi connectivity index (χ2v) is 6.32. The lowest BCUT2D eigenvalue weighted by molar-refractivity contribution is -0.147. The van der Waals surface area contributed by atoms with Crippen molar-refractivity contribution in [3.8, 4) is 0 Å². The van der Waals surface area contributed by atoms with Gasteiger partial charge in [0.05, 0.1) is 29.8 Å². The summed E-state index contributed by atoms with van der Waals surface area (Å²) in [4.78, 5) is 42.6. The molecule has 1 fully saturated rings. The quantitative estimate of drug-likeness (QED) is 0.842. The summed E-state index contributed by atoms with van der Waals surface area (Å²) in [5.74, 6) is -1.51. The van der Waals surface area contributed by atoms with E-state index in [1.54, 1.807) is 14.0 Å². The number of carbonyl (C=O) groups excluding carboxylic acids is 1. The van der Waals surface area contributed by atoms with Gasteiger partial charge in [0.2, 0.25) is 0 Å². The van der Waals surface area contributed by atoms with Crippen LogP contribution in [0, 0.1) is 6.92 Å². The SMILES string of the molecule is Cc1c(C(=O)N2CCOC[C@@H]2C(=O)O)sc2ncn(C)c(=O)c12. The monoisotopic (exact) mass is 337 g/mol. The molecule has 0 radical (unpaired) electrons. The molecule has 1 aliphatic heterocycles. The van der Waals surface area contributed by atoms with Crippen LogP contribution in [0.15, 0.2) is 11.1 Å². The van der Waals surface area contributed by atoms with Crippen molar-refractivity contribution in [2.75, 3.05) is 19.8 Å². The molecular weight excluding hydrogens is 322 g/mol. The van der Waals surface area contributed by atoms with Crippen LogP contribution >= 0.6 is 11.3 Å². The second kappa shape index (κ2) is 5.74. The van der Waals surface area contributed by atoms with Crippen LogP contribution in [0.1, 0.15) is 15.2 Å². The molecule has 122 valence electrons. The summed E-state index contributed by atoms with van der Waals surface area (Å²) in [6.07, 6.45) is 1.41. The van der Waals surface area contributed by atoms with Gasteiger partial charge >= 0.3 is 5.97 Å². The number of aliphatic carboxylic acids is 1. The molecule has 3 heterocycles. The minimum absolute atomic E-state index is 0.0367. The lowest BCUT2D eigenvalue weighted by atomic mass is 10.1. The lowest BCUT2D eigenvalue weighted by Gasteiger charge is -2.32. The van der Waals surface area contributed by atoms with E-state index in [0.29, 0.717) is 27.3 Å². The van der Waals surface area contributed by atoms with Gasteiger partial charge in [-0.25, -0.2) is 9.78 Å². The van der Waals surface area contributed by atoms with Gasteiger partial charge < -0.3 is 19.3 Å². The fourth-order valence-electron chi connectivity index (χ4n) is 2.59. The molecule has 2 aromatic rings. The van der Waals surface area contributed by atoms with Gasteiger partial charge in [-0.15, -0.1) is 11.3 Å². The normalized spacial score (nSPS) is 18.3. The van der Waals surface area contributed by atoms with Crippen molar-refractivity contribution in [3.05, 3.63) is 27.1 Å². The van der Waals surface area contributed by atoms with Gasteiger partial charge in [0.25, 0.3) is 11.5 Å². The number of thiophene rings is 1. The molecular formula is C14H15N3O5S. The number of amides is 1. The first kappa shape index (κ1) is 15.6. The van der Waals surface area contributed by atoms with Gasteiger partial charge in [-0.05, 0) is 12.5 Å². The molecule has 1 aliphatic rings. The molecule has 0 unspecified atom stereocenters. The van der Waals surface area contributed by atoms with Gasteiger partial charge in [0.1, 0.15) is 4.83 Å². The van der Waals surface area contributed by atoms with Crippen molar-refractivity contribution >= 4 is 33.4 Å². The maximum absolute atomic E-state index is 12.8. The highest BCUT2D eigenvalue weighted by Crippen LogP contribution is 2.28. The third-order valence-electron chi connectivity index (χ3n) is 3.88. The summed E-state index contributed by atoms with van der Waals surface area (Å²) in [7, 11) is 1.59. The van der Waals surface area contributed by atoms with Gasteiger partial charge in [0.15, 0.2) is 6.04 Å². The summed E-state index contributed by atoms with van der Waals surface area (Å²) in [5, 5.41) is 9.66. The average molecular weight is 337 g/mol. The summed E-state index contributed by atoms with van der Waals surface area (Å²) in [6, 6.07) is -1.02. The molecule has 23 heavy (non-hydrogen) atoms. The summed E-state index contributed by atoms with van der Waals surface area (Å²) < 4.78 is 6.50. The largest absolute Gasteiger partial charge is 0.480 e. The second-order valence-electron chi connectivity index (χ2n) is 5.32. The Morgan fingerprint density at radius 1 is 1.48 bits per heavy atom. The van der Waals surface area contributed by atoms with Crippen molar-refractivity contribution in [1.29, 1.82) is 0 Å². The van der Waals surface area contributed by atoms with E-state index in [1.165, 1.54) is 15.8 Å². The first-order chi connectivity index (χ1) is 10.9. The van der Waals surface area contributed by atoms with E-state index >= 15 is 0 Å². The first-order valence-electron chi connectivity index (χ1n) is 6.98. The Labute approximate surface area is 134 Å². The predicted molar refractivity (Wildman–Crippen MR) is 82.9 cm³/mol. The zero-order valence-electron chi connectivity index (χ0n) is 12.6. The molecule has 0 aromatic carbocycles. The minimum Gasteiger partial charge on any atom is -0.480 e. The molecule has 1 amide bonds. The molecule has 1 N–H and O–H groups in total. The predicted octanol–water partition coefficient (Wildman–Crippen LogP) is 0.229. The van der Waals surface area contributed by atoms with E-state index in [4.69, 9.17) is 4.74 Å². The van der Waals surface area contributed by atoms with Gasteiger partial charge in [-0.2, -0.15) is 0 Å². The van der Waals surface area contributed by atoms with E-state index in [0.717, 1.165) is 11.3 Å². The number of carboxylic acid groups (broad SMARTS) is 1. The van der Waals surface area contributed by atoms with Crippen LogP contribution in [0.4, 0.5) is 0 Å². The molecule has 0 aliphatic carbocycles. The molecule has 9 heteroatoms. The van der Waals surface area contributed by atoms with E-state index in [9.17, 15) is 19.5 Å². The number of morpholine rings is 1. The Bertz CT molecular complexity index is 856. The Balaban J connectivity index is 2.07. The van der Waals surface area contributed by atoms with Crippen LogP contribution in [0.2, 0.25) is 0 Å². The highest BCUT2D eigenvalue weighted by atomic mass is 32.1. The fourth-order valence-corrected chi connectivity index (χ4v) is 3.69. The fraction of sp³-hybridized carbons (Fsp3) is 0.429. The lowest BCUT2D eigenvalue weighted by Crippen LogP contribution is -2.52. The molecule has 8 nitrogen and oxygen atoms in total. The molecule has 0 spiro atoms. The number of hydrogen-bond acceptors (Lipinski definition) is 6. The highest BCUT2D eigenvalue weighted by molar-refractivity contribution is 7.20. The van der Waals surface area contributed by atoms with Gasteiger partial charge in [-0.1, -0.05) is 0 Å². The zero-order valence-corrected chi connectivity index (χ0v) is 13.4. The third-order valence-corrected chi connectivity index (χ3v) is 5.07. The number of nitrogens with zero attached hydrogens (tertiary/aromatic N) is 3. The van der Waals surface area contributed by atoms with Crippen LogP contribution in [0.3, 0.4) is 0 Å². The number of fused-ring (bicyclic) bond motifs is 1. The van der Waals surface area contributed by atoms with Crippen molar-refractivity contribution in [2.24, 2.45) is 7.05 Å². The van der Waals surface area contributed by atoms with E-state index in [-0.39, 0.29) is 18.7 Å². The first-order valence-corrected chi connectivity index (χ1v) is 7.79. The Morgan fingerprint density at radius 2 is 2.22 bits per heavy atom. The summed E-state index contributed by atoms with van der Waals surface area (Å²) in [6.45, 7) is 2.14. The maximum atomic E-state index is 12.8. The van der Waals surface area contributed by atoms with Gasteiger partial charge in [-0.3, -0.25) is 9.59 Å². The van der Waals surface area contributed by atoms with E-state index in [1.807, 2.05) is 0 Å². The van der Waals surface area contributed by atoms with E-state index in [2.05, 4.69) is 4.98 Å². The van der Waals surface area contributed by atoms with Crippen molar-refractivity contribution < 1.29 is 19.4 Å². The molecule has 3 rings (SSSR count). The van der Waals surface area contributed by atoms with E-state index < -0.39 is 17.9 Å². The van der Waals surface area contributed by atoms with Crippen molar-refractivity contribution in [1.82, 2.24) is 14.5 Å². The van der Waals surface area contributed by atoms with Crippen LogP contribution in [0.25, 0.3) is 10.2 Å². The molecule has 1 saturated heterocycles. The zero-order chi connectivity index (χ0) is 16.7. The number of carboxylic acids is 1. The Hall–Kier alpha value is -2.26.